The summed E-state index contributed by atoms with van der Waals surface area (Å²) in [5, 5.41) is 1.06. The van der Waals surface area contributed by atoms with Crippen LogP contribution in [0, 0.1) is 0 Å². The Labute approximate surface area is 150 Å². The van der Waals surface area contributed by atoms with Crippen molar-refractivity contribution in [1.29, 1.82) is 0 Å². The lowest BCUT2D eigenvalue weighted by Crippen LogP contribution is -2.02. The highest BCUT2D eigenvalue weighted by atomic mass is 16.3. The lowest BCUT2D eigenvalue weighted by Gasteiger charge is -2.11. The van der Waals surface area contributed by atoms with E-state index in [0.29, 0.717) is 5.82 Å². The minimum absolute atomic E-state index is 0.518. The number of nitrogens with zero attached hydrogens (tertiary/aromatic N) is 2. The number of hydrogen-bond acceptors (Lipinski definition) is 3. The van der Waals surface area contributed by atoms with Gasteiger partial charge in [0.1, 0.15) is 11.6 Å². The van der Waals surface area contributed by atoms with Crippen LogP contribution < -0.4 is 5.73 Å². The maximum absolute atomic E-state index is 6.15. The number of aromatic nitrogens is 2. The quantitative estimate of drug-likeness (QED) is 0.501. The average molecular weight is 339 g/mol. The summed E-state index contributed by atoms with van der Waals surface area (Å²) in [7, 11) is 0. The van der Waals surface area contributed by atoms with Crippen molar-refractivity contribution >= 4 is 16.7 Å². The van der Waals surface area contributed by atoms with Crippen LogP contribution in [0.25, 0.3) is 33.7 Å². The van der Waals surface area contributed by atoms with E-state index in [1.165, 1.54) is 5.56 Å². The number of hydrogen-bond donors (Lipinski definition) is 1. The summed E-state index contributed by atoms with van der Waals surface area (Å²) in [6.45, 7) is 0.736. The number of anilines is 1. The number of benzene rings is 1. The predicted octanol–water partition coefficient (Wildman–Crippen LogP) is 5.03. The summed E-state index contributed by atoms with van der Waals surface area (Å²) in [6.07, 6.45) is 1.83. The second-order valence-corrected chi connectivity index (χ2v) is 6.41. The van der Waals surface area contributed by atoms with Gasteiger partial charge in [-0.1, -0.05) is 42.5 Å². The SMILES string of the molecule is Nc1cc2cc(-c3ccc4cccc-4o3)n(Cc3ccccc3)c2cn1. The third kappa shape index (κ3) is 2.43. The summed E-state index contributed by atoms with van der Waals surface area (Å²) >= 11 is 0. The Kier molecular flexibility index (Phi) is 3.28. The zero-order valence-corrected chi connectivity index (χ0v) is 14.1. The first-order valence-electron chi connectivity index (χ1n) is 8.55. The van der Waals surface area contributed by atoms with Crippen LogP contribution in [0.2, 0.25) is 0 Å². The van der Waals surface area contributed by atoms with E-state index in [4.69, 9.17) is 10.2 Å². The van der Waals surface area contributed by atoms with Crippen LogP contribution in [0.15, 0.2) is 83.4 Å². The molecule has 4 nitrogen and oxygen atoms in total. The highest BCUT2D eigenvalue weighted by Gasteiger charge is 2.15. The van der Waals surface area contributed by atoms with Gasteiger partial charge in [-0.05, 0) is 35.9 Å². The van der Waals surface area contributed by atoms with Crippen molar-refractivity contribution in [2.24, 2.45) is 0 Å². The van der Waals surface area contributed by atoms with Gasteiger partial charge >= 0.3 is 0 Å². The largest absolute Gasteiger partial charge is 0.455 e. The molecule has 126 valence electrons. The van der Waals surface area contributed by atoms with E-state index in [2.05, 4.69) is 45.9 Å². The lowest BCUT2D eigenvalue weighted by atomic mass is 10.2. The monoisotopic (exact) mass is 339 g/mol. The lowest BCUT2D eigenvalue weighted by molar-refractivity contribution is 0.576. The standard InChI is InChI=1S/C22H17N3O/c23-22-12-17-11-18(21-10-9-16-7-4-8-20(16)26-21)25(19(17)13-24-22)14-15-5-2-1-3-6-15/h1-13H,14H2,(H2,23,24). The van der Waals surface area contributed by atoms with E-state index in [1.54, 1.807) is 0 Å². The molecule has 1 aliphatic carbocycles. The molecule has 26 heavy (non-hydrogen) atoms. The Bertz CT molecular complexity index is 1170. The predicted molar refractivity (Wildman–Crippen MR) is 104 cm³/mol. The van der Waals surface area contributed by atoms with Gasteiger partial charge in [-0.2, -0.15) is 0 Å². The summed E-state index contributed by atoms with van der Waals surface area (Å²) in [6, 6.07) is 24.5. The van der Waals surface area contributed by atoms with Crippen molar-refractivity contribution in [2.75, 3.05) is 5.73 Å². The number of nitrogens with two attached hydrogens (primary N) is 1. The number of fused-ring (bicyclic) bond motifs is 2. The van der Waals surface area contributed by atoms with Gasteiger partial charge in [-0.25, -0.2) is 4.98 Å². The van der Waals surface area contributed by atoms with Crippen molar-refractivity contribution < 1.29 is 4.42 Å². The number of pyridine rings is 1. The molecule has 0 amide bonds. The van der Waals surface area contributed by atoms with E-state index < -0.39 is 0 Å². The van der Waals surface area contributed by atoms with Crippen LogP contribution in [0.1, 0.15) is 5.56 Å². The molecular formula is C22H17N3O. The summed E-state index contributed by atoms with van der Waals surface area (Å²) in [5.41, 5.74) is 10.3. The molecule has 2 aliphatic rings. The van der Waals surface area contributed by atoms with Gasteiger partial charge in [0.25, 0.3) is 0 Å². The van der Waals surface area contributed by atoms with Gasteiger partial charge < -0.3 is 14.7 Å². The van der Waals surface area contributed by atoms with Crippen LogP contribution in [0.5, 0.6) is 0 Å². The fraction of sp³-hybridized carbons (Fsp3) is 0.0455. The summed E-state index contributed by atoms with van der Waals surface area (Å²) in [5.74, 6) is 2.23. The molecule has 0 radical (unpaired) electrons. The minimum atomic E-state index is 0.518. The van der Waals surface area contributed by atoms with Crippen molar-refractivity contribution in [2.45, 2.75) is 6.54 Å². The van der Waals surface area contributed by atoms with Gasteiger partial charge in [-0.3, -0.25) is 0 Å². The van der Waals surface area contributed by atoms with Crippen LogP contribution in [0.3, 0.4) is 0 Å². The molecular weight excluding hydrogens is 322 g/mol. The molecule has 3 aromatic rings. The van der Waals surface area contributed by atoms with E-state index in [1.807, 2.05) is 42.6 Å². The van der Waals surface area contributed by atoms with Crippen molar-refractivity contribution in [1.82, 2.24) is 9.55 Å². The normalized spacial score (nSPS) is 11.4. The number of rotatable bonds is 3. The first-order valence-corrected chi connectivity index (χ1v) is 8.55. The Morgan fingerprint density at radius 2 is 1.77 bits per heavy atom. The Morgan fingerprint density at radius 1 is 0.885 bits per heavy atom. The first kappa shape index (κ1) is 14.8. The molecule has 0 spiro atoms. The third-order valence-corrected chi connectivity index (χ3v) is 4.69. The molecule has 0 fully saturated rings. The first-order chi connectivity index (χ1) is 12.8. The second-order valence-electron chi connectivity index (χ2n) is 6.41. The molecule has 3 heterocycles. The molecule has 4 heteroatoms. The summed E-state index contributed by atoms with van der Waals surface area (Å²) < 4.78 is 8.38. The molecule has 0 saturated carbocycles. The average Bonchev–Trinajstić information content (AvgIpc) is 3.26. The Morgan fingerprint density at radius 3 is 2.65 bits per heavy atom. The zero-order chi connectivity index (χ0) is 17.5. The van der Waals surface area contributed by atoms with Crippen LogP contribution in [0.4, 0.5) is 5.82 Å². The molecule has 0 saturated heterocycles. The number of nitrogen functional groups attached to an aromatic ring is 1. The topological polar surface area (TPSA) is 57.0 Å². The van der Waals surface area contributed by atoms with Crippen LogP contribution in [-0.2, 0) is 6.54 Å². The van der Waals surface area contributed by atoms with Crippen LogP contribution >= 0.6 is 0 Å². The molecule has 5 rings (SSSR count). The third-order valence-electron chi connectivity index (χ3n) is 4.69. The fourth-order valence-electron chi connectivity index (χ4n) is 3.42. The minimum Gasteiger partial charge on any atom is -0.455 e. The smallest absolute Gasteiger partial charge is 0.151 e. The van der Waals surface area contributed by atoms with Gasteiger partial charge in [0, 0.05) is 17.5 Å². The van der Waals surface area contributed by atoms with Crippen LogP contribution in [-0.4, -0.2) is 9.55 Å². The fourth-order valence-corrected chi connectivity index (χ4v) is 3.42. The highest BCUT2D eigenvalue weighted by molar-refractivity contribution is 5.87. The van der Waals surface area contributed by atoms with Crippen molar-refractivity contribution in [3.05, 3.63) is 84.6 Å². The molecule has 0 bridgehead atoms. The van der Waals surface area contributed by atoms with Gasteiger partial charge in [0.05, 0.1) is 17.4 Å². The highest BCUT2D eigenvalue weighted by Crippen LogP contribution is 2.33. The molecule has 1 aliphatic heterocycles. The van der Waals surface area contributed by atoms with Crippen molar-refractivity contribution in [3.8, 4) is 22.8 Å². The van der Waals surface area contributed by atoms with E-state index >= 15 is 0 Å². The molecule has 2 N–H and O–H groups in total. The molecule has 0 unspecified atom stereocenters. The maximum atomic E-state index is 6.15. The van der Waals surface area contributed by atoms with Gasteiger partial charge in [-0.15, -0.1) is 0 Å². The van der Waals surface area contributed by atoms with Crippen molar-refractivity contribution in [3.63, 3.8) is 0 Å². The molecule has 0 atom stereocenters. The van der Waals surface area contributed by atoms with E-state index in [0.717, 1.165) is 40.2 Å². The zero-order valence-electron chi connectivity index (χ0n) is 14.1. The Hall–Kier alpha value is -3.53. The van der Waals surface area contributed by atoms with E-state index in [9.17, 15) is 0 Å². The summed E-state index contributed by atoms with van der Waals surface area (Å²) in [4.78, 5) is 4.28. The van der Waals surface area contributed by atoms with Gasteiger partial charge in [0.15, 0.2) is 5.76 Å². The van der Waals surface area contributed by atoms with Gasteiger partial charge in [0.2, 0.25) is 0 Å². The molecule has 2 aromatic heterocycles. The van der Waals surface area contributed by atoms with E-state index in [-0.39, 0.29) is 0 Å². The maximum Gasteiger partial charge on any atom is 0.151 e. The molecule has 1 aromatic carbocycles. The second kappa shape index (κ2) is 5.77. The Balaban J connectivity index is 1.73.